The maximum atomic E-state index is 12.9. The van der Waals surface area contributed by atoms with E-state index in [1.807, 2.05) is 30.3 Å². The van der Waals surface area contributed by atoms with E-state index in [1.54, 1.807) is 6.20 Å². The fourth-order valence-corrected chi connectivity index (χ4v) is 3.37. The van der Waals surface area contributed by atoms with Crippen LogP contribution in [0.25, 0.3) is 10.9 Å². The summed E-state index contributed by atoms with van der Waals surface area (Å²) in [6, 6.07) is 9.51. The molecular formula is C17H20N2O. The van der Waals surface area contributed by atoms with Crippen LogP contribution in [0.1, 0.15) is 43.0 Å². The minimum atomic E-state index is -0.707. The molecule has 1 heterocycles. The lowest BCUT2D eigenvalue weighted by Gasteiger charge is -2.35. The van der Waals surface area contributed by atoms with Crippen LogP contribution in [-0.2, 0) is 0 Å². The number of rotatable bonds is 2. The second kappa shape index (κ2) is 4.98. The number of nitrogens with zero attached hydrogens (tertiary/aromatic N) is 1. The van der Waals surface area contributed by atoms with Crippen molar-refractivity contribution < 1.29 is 4.79 Å². The van der Waals surface area contributed by atoms with Crippen LogP contribution in [0.5, 0.6) is 0 Å². The smallest absolute Gasteiger partial charge is 0.183 e. The van der Waals surface area contributed by atoms with Crippen LogP contribution in [0.4, 0.5) is 0 Å². The molecule has 0 aliphatic heterocycles. The van der Waals surface area contributed by atoms with Crippen molar-refractivity contribution in [3.05, 3.63) is 42.1 Å². The lowest BCUT2D eigenvalue weighted by molar-refractivity contribution is 0.0821. The van der Waals surface area contributed by atoms with Gasteiger partial charge in [-0.15, -0.1) is 0 Å². The van der Waals surface area contributed by atoms with E-state index in [0.717, 1.165) is 30.2 Å². The molecule has 0 spiro atoms. The van der Waals surface area contributed by atoms with Crippen LogP contribution >= 0.6 is 0 Å². The van der Waals surface area contributed by atoms with Crippen molar-refractivity contribution in [3.63, 3.8) is 0 Å². The normalized spacial score (nSPS) is 26.6. The number of pyridine rings is 1. The Bertz CT molecular complexity index is 647. The molecule has 1 aliphatic rings. The molecule has 1 aliphatic carbocycles. The molecule has 1 saturated carbocycles. The Morgan fingerprint density at radius 2 is 2.20 bits per heavy atom. The van der Waals surface area contributed by atoms with Crippen molar-refractivity contribution >= 4 is 16.7 Å². The van der Waals surface area contributed by atoms with Crippen LogP contribution in [-0.4, -0.2) is 16.3 Å². The van der Waals surface area contributed by atoms with Crippen LogP contribution in [0.2, 0.25) is 0 Å². The quantitative estimate of drug-likeness (QED) is 0.850. The van der Waals surface area contributed by atoms with Crippen molar-refractivity contribution in [2.75, 3.05) is 0 Å². The van der Waals surface area contributed by atoms with Gasteiger partial charge in [-0.05, 0) is 30.9 Å². The largest absolute Gasteiger partial charge is 0.319 e. The molecular weight excluding hydrogens is 248 g/mol. The lowest BCUT2D eigenvalue weighted by Crippen LogP contribution is -2.51. The summed E-state index contributed by atoms with van der Waals surface area (Å²) in [7, 11) is 0. The topological polar surface area (TPSA) is 56.0 Å². The molecule has 1 aromatic heterocycles. The van der Waals surface area contributed by atoms with E-state index >= 15 is 0 Å². The standard InChI is InChI=1S/C17H20N2O/c1-12-5-3-9-17(18,11-12)16(20)14-6-2-8-15-13(14)7-4-10-19-15/h2,4,6-8,10,12H,3,5,9,11,18H2,1H3. The van der Waals surface area contributed by atoms with Crippen LogP contribution < -0.4 is 5.73 Å². The minimum absolute atomic E-state index is 0.0719. The first-order valence-electron chi connectivity index (χ1n) is 7.27. The van der Waals surface area contributed by atoms with Gasteiger partial charge in [0.15, 0.2) is 5.78 Å². The van der Waals surface area contributed by atoms with Gasteiger partial charge in [0.25, 0.3) is 0 Å². The second-order valence-corrected chi connectivity index (χ2v) is 6.06. The number of Topliss-reactive ketones (excluding diaryl/α,β-unsaturated/α-hetero) is 1. The number of fused-ring (bicyclic) bond motifs is 1. The molecule has 3 nitrogen and oxygen atoms in total. The molecule has 0 amide bonds. The number of hydrogen-bond acceptors (Lipinski definition) is 3. The van der Waals surface area contributed by atoms with Gasteiger partial charge in [0.05, 0.1) is 11.1 Å². The van der Waals surface area contributed by atoms with Crippen molar-refractivity contribution in [1.82, 2.24) is 4.98 Å². The van der Waals surface area contributed by atoms with Gasteiger partial charge in [-0.25, -0.2) is 0 Å². The van der Waals surface area contributed by atoms with Crippen molar-refractivity contribution in [2.45, 2.75) is 38.1 Å². The van der Waals surface area contributed by atoms with Crippen molar-refractivity contribution in [1.29, 1.82) is 0 Å². The third-order valence-corrected chi connectivity index (χ3v) is 4.38. The minimum Gasteiger partial charge on any atom is -0.319 e. The monoisotopic (exact) mass is 268 g/mol. The summed E-state index contributed by atoms with van der Waals surface area (Å²) in [5.74, 6) is 0.591. The van der Waals surface area contributed by atoms with E-state index in [2.05, 4.69) is 11.9 Å². The molecule has 20 heavy (non-hydrogen) atoms. The van der Waals surface area contributed by atoms with E-state index in [1.165, 1.54) is 6.42 Å². The van der Waals surface area contributed by atoms with Crippen molar-refractivity contribution in [2.24, 2.45) is 11.7 Å². The Hall–Kier alpha value is -1.74. The zero-order valence-electron chi connectivity index (χ0n) is 11.8. The molecule has 3 heteroatoms. The van der Waals surface area contributed by atoms with Gasteiger partial charge in [-0.1, -0.05) is 38.0 Å². The molecule has 2 N–H and O–H groups in total. The molecule has 2 aromatic rings. The fourth-order valence-electron chi connectivity index (χ4n) is 3.37. The lowest BCUT2D eigenvalue weighted by atomic mass is 9.73. The van der Waals surface area contributed by atoms with Gasteiger partial charge in [-0.2, -0.15) is 0 Å². The third-order valence-electron chi connectivity index (χ3n) is 4.38. The number of benzene rings is 1. The Labute approximate surface area is 119 Å². The predicted octanol–water partition coefficient (Wildman–Crippen LogP) is 3.33. The highest BCUT2D eigenvalue weighted by molar-refractivity contribution is 6.11. The summed E-state index contributed by atoms with van der Waals surface area (Å²) >= 11 is 0. The zero-order chi connectivity index (χ0) is 14.2. The first-order valence-corrected chi connectivity index (χ1v) is 7.27. The first kappa shape index (κ1) is 13.3. The summed E-state index contributed by atoms with van der Waals surface area (Å²) in [4.78, 5) is 17.2. The number of carbonyl (C=O) groups is 1. The summed E-state index contributed by atoms with van der Waals surface area (Å²) in [6.07, 6.45) is 5.52. The van der Waals surface area contributed by atoms with Gasteiger partial charge in [0, 0.05) is 17.1 Å². The van der Waals surface area contributed by atoms with Gasteiger partial charge in [-0.3, -0.25) is 9.78 Å². The SMILES string of the molecule is CC1CCCC(N)(C(=O)c2cccc3ncccc23)C1. The second-order valence-electron chi connectivity index (χ2n) is 6.06. The van der Waals surface area contributed by atoms with Crippen LogP contribution in [0, 0.1) is 5.92 Å². The van der Waals surface area contributed by atoms with E-state index in [0.29, 0.717) is 11.5 Å². The highest BCUT2D eigenvalue weighted by Gasteiger charge is 2.38. The zero-order valence-corrected chi connectivity index (χ0v) is 11.8. The summed E-state index contributed by atoms with van der Waals surface area (Å²) in [5, 5.41) is 0.906. The first-order chi connectivity index (χ1) is 9.60. The third kappa shape index (κ3) is 2.22. The molecule has 0 radical (unpaired) electrons. The number of hydrogen-bond donors (Lipinski definition) is 1. The van der Waals surface area contributed by atoms with Crippen LogP contribution in [0.3, 0.4) is 0 Å². The van der Waals surface area contributed by atoms with Gasteiger partial charge in [0.2, 0.25) is 0 Å². The molecule has 3 rings (SSSR count). The van der Waals surface area contributed by atoms with E-state index < -0.39 is 5.54 Å². The fraction of sp³-hybridized carbons (Fsp3) is 0.412. The van der Waals surface area contributed by atoms with Gasteiger partial charge < -0.3 is 5.73 Å². The maximum Gasteiger partial charge on any atom is 0.183 e. The Morgan fingerprint density at radius 1 is 1.35 bits per heavy atom. The molecule has 2 atom stereocenters. The highest BCUT2D eigenvalue weighted by Crippen LogP contribution is 2.34. The number of carbonyl (C=O) groups excluding carboxylic acids is 1. The summed E-state index contributed by atoms with van der Waals surface area (Å²) in [5.41, 5.74) is 7.31. The molecule has 0 bridgehead atoms. The van der Waals surface area contributed by atoms with E-state index in [9.17, 15) is 4.79 Å². The average molecular weight is 268 g/mol. The van der Waals surface area contributed by atoms with Gasteiger partial charge >= 0.3 is 0 Å². The molecule has 2 unspecified atom stereocenters. The predicted molar refractivity (Wildman–Crippen MR) is 80.6 cm³/mol. The molecule has 1 aromatic carbocycles. The van der Waals surface area contributed by atoms with Crippen molar-refractivity contribution in [3.8, 4) is 0 Å². The molecule has 0 saturated heterocycles. The maximum absolute atomic E-state index is 12.9. The average Bonchev–Trinajstić information content (AvgIpc) is 2.45. The van der Waals surface area contributed by atoms with Gasteiger partial charge in [0.1, 0.15) is 0 Å². The van der Waals surface area contributed by atoms with Crippen LogP contribution in [0.15, 0.2) is 36.5 Å². The number of nitrogens with two attached hydrogens (primary N) is 1. The summed E-state index contributed by atoms with van der Waals surface area (Å²) < 4.78 is 0. The Morgan fingerprint density at radius 3 is 3.00 bits per heavy atom. The van der Waals surface area contributed by atoms with E-state index in [4.69, 9.17) is 5.73 Å². The highest BCUT2D eigenvalue weighted by atomic mass is 16.1. The number of ketones is 1. The Kier molecular flexibility index (Phi) is 3.30. The van der Waals surface area contributed by atoms with E-state index in [-0.39, 0.29) is 5.78 Å². The molecule has 104 valence electrons. The Balaban J connectivity index is 2.04. The molecule has 1 fully saturated rings. The summed E-state index contributed by atoms with van der Waals surface area (Å²) in [6.45, 7) is 2.18. The number of aromatic nitrogens is 1.